The maximum Gasteiger partial charge on any atom is 0.304 e. The minimum absolute atomic E-state index is 0.282. The summed E-state index contributed by atoms with van der Waals surface area (Å²) in [6.45, 7) is 3.79. The summed E-state index contributed by atoms with van der Waals surface area (Å²) in [4.78, 5) is 12.5. The zero-order valence-corrected chi connectivity index (χ0v) is 6.92. The lowest BCUT2D eigenvalue weighted by molar-refractivity contribution is -0.137. The molecular weight excluding hydrogens is 142 g/mol. The van der Waals surface area contributed by atoms with Crippen molar-refractivity contribution in [3.05, 3.63) is 0 Å². The van der Waals surface area contributed by atoms with Gasteiger partial charge in [-0.25, -0.2) is 0 Å². The number of aliphatic carboxylic acids is 1. The first-order valence-corrected chi connectivity index (χ1v) is 4.20. The minimum atomic E-state index is -0.691. The topological polar surface area (TPSA) is 40.5 Å². The SMILES string of the molecule is CCN(CCC(=O)O)C1CC1. The van der Waals surface area contributed by atoms with E-state index in [1.807, 2.05) is 0 Å². The van der Waals surface area contributed by atoms with Crippen LogP contribution in [0.15, 0.2) is 0 Å². The normalized spacial score (nSPS) is 17.3. The summed E-state index contributed by atoms with van der Waals surface area (Å²) in [6, 6.07) is 0.694. The van der Waals surface area contributed by atoms with Gasteiger partial charge in [-0.05, 0) is 19.4 Å². The van der Waals surface area contributed by atoms with Gasteiger partial charge in [-0.15, -0.1) is 0 Å². The number of nitrogens with zero attached hydrogens (tertiary/aromatic N) is 1. The number of carboxylic acid groups (broad SMARTS) is 1. The number of rotatable bonds is 5. The first-order valence-electron chi connectivity index (χ1n) is 4.20. The van der Waals surface area contributed by atoms with Gasteiger partial charge in [0, 0.05) is 12.6 Å². The molecule has 0 aromatic heterocycles. The number of carboxylic acids is 1. The van der Waals surface area contributed by atoms with E-state index in [-0.39, 0.29) is 6.42 Å². The summed E-state index contributed by atoms with van der Waals surface area (Å²) in [5.74, 6) is -0.691. The Morgan fingerprint density at radius 2 is 2.27 bits per heavy atom. The Morgan fingerprint density at radius 1 is 1.64 bits per heavy atom. The Kier molecular flexibility index (Phi) is 2.88. The van der Waals surface area contributed by atoms with Gasteiger partial charge in [0.15, 0.2) is 0 Å². The minimum Gasteiger partial charge on any atom is -0.481 e. The first kappa shape index (κ1) is 8.53. The van der Waals surface area contributed by atoms with Gasteiger partial charge < -0.3 is 10.0 Å². The maximum absolute atomic E-state index is 10.2. The predicted octanol–water partition coefficient (Wildman–Crippen LogP) is 0.945. The molecule has 11 heavy (non-hydrogen) atoms. The zero-order valence-electron chi connectivity index (χ0n) is 6.92. The zero-order chi connectivity index (χ0) is 8.27. The van der Waals surface area contributed by atoms with Crippen molar-refractivity contribution in [2.24, 2.45) is 0 Å². The van der Waals surface area contributed by atoms with Crippen LogP contribution in [0.2, 0.25) is 0 Å². The first-order chi connectivity index (χ1) is 5.24. The van der Waals surface area contributed by atoms with Gasteiger partial charge >= 0.3 is 5.97 Å². The molecule has 0 aromatic rings. The molecule has 0 radical (unpaired) electrons. The fourth-order valence-corrected chi connectivity index (χ4v) is 1.28. The van der Waals surface area contributed by atoms with E-state index in [0.717, 1.165) is 13.1 Å². The monoisotopic (exact) mass is 157 g/mol. The van der Waals surface area contributed by atoms with Crippen molar-refractivity contribution in [1.82, 2.24) is 4.90 Å². The van der Waals surface area contributed by atoms with Crippen LogP contribution in [0.5, 0.6) is 0 Å². The molecule has 1 fully saturated rings. The smallest absolute Gasteiger partial charge is 0.304 e. The van der Waals surface area contributed by atoms with Gasteiger partial charge in [0.1, 0.15) is 0 Å². The molecule has 0 unspecified atom stereocenters. The van der Waals surface area contributed by atoms with Crippen LogP contribution in [0.3, 0.4) is 0 Å². The van der Waals surface area contributed by atoms with Gasteiger partial charge in [0.25, 0.3) is 0 Å². The van der Waals surface area contributed by atoms with E-state index in [0.29, 0.717) is 6.04 Å². The van der Waals surface area contributed by atoms with Crippen LogP contribution < -0.4 is 0 Å². The molecule has 1 aliphatic carbocycles. The molecule has 0 heterocycles. The molecule has 3 nitrogen and oxygen atoms in total. The van der Waals surface area contributed by atoms with E-state index < -0.39 is 5.97 Å². The highest BCUT2D eigenvalue weighted by Crippen LogP contribution is 2.26. The van der Waals surface area contributed by atoms with Gasteiger partial charge in [0.05, 0.1) is 6.42 Å². The lowest BCUT2D eigenvalue weighted by Crippen LogP contribution is -2.28. The van der Waals surface area contributed by atoms with Crippen molar-refractivity contribution in [2.75, 3.05) is 13.1 Å². The summed E-state index contributed by atoms with van der Waals surface area (Å²) in [7, 11) is 0. The standard InChI is InChI=1S/C8H15NO2/c1-2-9(7-3-4-7)6-5-8(10)11/h7H,2-6H2,1H3,(H,10,11). The third kappa shape index (κ3) is 2.89. The largest absolute Gasteiger partial charge is 0.481 e. The maximum atomic E-state index is 10.2. The summed E-state index contributed by atoms with van der Waals surface area (Å²) < 4.78 is 0. The van der Waals surface area contributed by atoms with Gasteiger partial charge in [-0.1, -0.05) is 6.92 Å². The second-order valence-electron chi connectivity index (χ2n) is 3.00. The van der Waals surface area contributed by atoms with E-state index in [2.05, 4.69) is 11.8 Å². The Balaban J connectivity index is 2.15. The molecule has 1 N–H and O–H groups in total. The van der Waals surface area contributed by atoms with Gasteiger partial charge in [-0.3, -0.25) is 4.79 Å². The molecule has 0 spiro atoms. The second kappa shape index (κ2) is 3.72. The summed E-state index contributed by atoms with van der Waals surface area (Å²) in [5, 5.41) is 8.43. The Hall–Kier alpha value is -0.570. The average Bonchev–Trinajstić information content (AvgIpc) is 2.72. The van der Waals surface area contributed by atoms with E-state index in [1.54, 1.807) is 0 Å². The van der Waals surface area contributed by atoms with Crippen LogP contribution >= 0.6 is 0 Å². The third-order valence-corrected chi connectivity index (χ3v) is 2.08. The van der Waals surface area contributed by atoms with Crippen LogP contribution in [-0.2, 0) is 4.79 Å². The summed E-state index contributed by atoms with van der Waals surface area (Å²) in [6.07, 6.45) is 2.80. The fourth-order valence-electron chi connectivity index (χ4n) is 1.28. The molecule has 0 amide bonds. The van der Waals surface area contributed by atoms with Crippen LogP contribution in [0.4, 0.5) is 0 Å². The van der Waals surface area contributed by atoms with E-state index >= 15 is 0 Å². The Bertz CT molecular complexity index is 143. The van der Waals surface area contributed by atoms with Crippen molar-refractivity contribution in [3.8, 4) is 0 Å². The van der Waals surface area contributed by atoms with Crippen LogP contribution in [0.25, 0.3) is 0 Å². The lowest BCUT2D eigenvalue weighted by Gasteiger charge is -2.17. The quantitative estimate of drug-likeness (QED) is 0.645. The summed E-state index contributed by atoms with van der Waals surface area (Å²) in [5.41, 5.74) is 0. The number of carbonyl (C=O) groups is 1. The molecule has 0 saturated heterocycles. The summed E-state index contributed by atoms with van der Waals surface area (Å²) >= 11 is 0. The van der Waals surface area contributed by atoms with Gasteiger partial charge in [0.2, 0.25) is 0 Å². The highest BCUT2D eigenvalue weighted by Gasteiger charge is 2.27. The Morgan fingerprint density at radius 3 is 2.64 bits per heavy atom. The van der Waals surface area contributed by atoms with E-state index in [4.69, 9.17) is 5.11 Å². The lowest BCUT2D eigenvalue weighted by atomic mass is 10.3. The fraction of sp³-hybridized carbons (Fsp3) is 0.875. The van der Waals surface area contributed by atoms with Crippen molar-refractivity contribution >= 4 is 5.97 Å². The van der Waals surface area contributed by atoms with Crippen molar-refractivity contribution < 1.29 is 9.90 Å². The van der Waals surface area contributed by atoms with Crippen LogP contribution in [0.1, 0.15) is 26.2 Å². The van der Waals surface area contributed by atoms with E-state index in [9.17, 15) is 4.79 Å². The Labute approximate surface area is 67.0 Å². The highest BCUT2D eigenvalue weighted by molar-refractivity contribution is 5.66. The molecule has 0 atom stereocenters. The molecular formula is C8H15NO2. The van der Waals surface area contributed by atoms with Crippen LogP contribution in [0, 0.1) is 0 Å². The molecule has 1 saturated carbocycles. The average molecular weight is 157 g/mol. The molecule has 0 aliphatic heterocycles. The molecule has 0 aromatic carbocycles. The second-order valence-corrected chi connectivity index (χ2v) is 3.00. The molecule has 1 aliphatic rings. The van der Waals surface area contributed by atoms with Crippen LogP contribution in [-0.4, -0.2) is 35.1 Å². The highest BCUT2D eigenvalue weighted by atomic mass is 16.4. The number of hydrogen-bond donors (Lipinski definition) is 1. The van der Waals surface area contributed by atoms with Crippen molar-refractivity contribution in [2.45, 2.75) is 32.2 Å². The van der Waals surface area contributed by atoms with Gasteiger partial charge in [-0.2, -0.15) is 0 Å². The molecule has 3 heteroatoms. The molecule has 0 bridgehead atoms. The predicted molar refractivity (Wildman–Crippen MR) is 42.5 cm³/mol. The van der Waals surface area contributed by atoms with Crippen molar-refractivity contribution in [1.29, 1.82) is 0 Å². The van der Waals surface area contributed by atoms with Crippen molar-refractivity contribution in [3.63, 3.8) is 0 Å². The third-order valence-electron chi connectivity index (χ3n) is 2.08. The molecule has 64 valence electrons. The number of hydrogen-bond acceptors (Lipinski definition) is 2. The van der Waals surface area contributed by atoms with E-state index in [1.165, 1.54) is 12.8 Å². The molecule has 1 rings (SSSR count).